The fourth-order valence-electron chi connectivity index (χ4n) is 3.79. The fourth-order valence-corrected chi connectivity index (χ4v) is 3.79. The minimum Gasteiger partial charge on any atom is -0.352 e. The molecule has 0 spiro atoms. The number of piperazine rings is 1. The van der Waals surface area contributed by atoms with Gasteiger partial charge in [0.2, 0.25) is 17.6 Å². The van der Waals surface area contributed by atoms with E-state index in [0.29, 0.717) is 35.8 Å². The molecule has 3 aromatic rings. The predicted octanol–water partition coefficient (Wildman–Crippen LogP) is 3.18. The van der Waals surface area contributed by atoms with E-state index < -0.39 is 0 Å². The van der Waals surface area contributed by atoms with Gasteiger partial charge in [-0.1, -0.05) is 29.4 Å². The van der Waals surface area contributed by atoms with Crippen LogP contribution in [0.5, 0.6) is 0 Å². The molecule has 7 nitrogen and oxygen atoms in total. The van der Waals surface area contributed by atoms with Gasteiger partial charge in [0.25, 0.3) is 0 Å². The van der Waals surface area contributed by atoms with E-state index in [9.17, 15) is 9.18 Å². The summed E-state index contributed by atoms with van der Waals surface area (Å²) in [5, 5.41) is 6.88. The number of hydrogen-bond donors (Lipinski definition) is 1. The van der Waals surface area contributed by atoms with Crippen LogP contribution >= 0.6 is 0 Å². The van der Waals surface area contributed by atoms with Crippen LogP contribution in [0.15, 0.2) is 47.0 Å². The minimum absolute atomic E-state index is 0.0751. The molecule has 1 N–H and O–H groups in total. The maximum atomic E-state index is 13.4. The van der Waals surface area contributed by atoms with Crippen molar-refractivity contribution in [1.82, 2.24) is 25.3 Å². The summed E-state index contributed by atoms with van der Waals surface area (Å²) in [6.45, 7) is 7.55. The van der Waals surface area contributed by atoms with Gasteiger partial charge in [0.15, 0.2) is 0 Å². The number of aromatic nitrogens is 2. The standard InChI is InChI=1S/C25H30FN5O2/c1-18-15-21(7-8-22(18)26)25-28-24(33-29-25)10-9-23(32)27-16-19-3-5-20(6-4-19)17-31-13-11-30(2)12-14-31/h3-8,15H,9-14,16-17H2,1-2H3,(H,27,32). The Labute approximate surface area is 193 Å². The van der Waals surface area contributed by atoms with Crippen molar-refractivity contribution in [2.24, 2.45) is 0 Å². The average Bonchev–Trinajstić information content (AvgIpc) is 3.30. The Bertz CT molecular complexity index is 1070. The van der Waals surface area contributed by atoms with E-state index in [4.69, 9.17) is 4.52 Å². The third-order valence-corrected chi connectivity index (χ3v) is 5.96. The minimum atomic E-state index is -0.274. The van der Waals surface area contributed by atoms with Crippen LogP contribution in [0.3, 0.4) is 0 Å². The number of aryl methyl sites for hydroxylation is 2. The second kappa shape index (κ2) is 10.7. The van der Waals surface area contributed by atoms with Crippen molar-refractivity contribution >= 4 is 5.91 Å². The Morgan fingerprint density at radius 3 is 2.55 bits per heavy atom. The number of likely N-dealkylation sites (N-methyl/N-ethyl adjacent to an activating group) is 1. The molecule has 1 aliphatic rings. The molecule has 0 bridgehead atoms. The number of hydrogen-bond acceptors (Lipinski definition) is 6. The number of nitrogens with zero attached hydrogens (tertiary/aromatic N) is 4. The molecule has 8 heteroatoms. The lowest BCUT2D eigenvalue weighted by Gasteiger charge is -2.32. The summed E-state index contributed by atoms with van der Waals surface area (Å²) in [4.78, 5) is 21.4. The molecule has 1 saturated heterocycles. The van der Waals surface area contributed by atoms with Gasteiger partial charge in [-0.15, -0.1) is 0 Å². The van der Waals surface area contributed by atoms with Crippen molar-refractivity contribution in [2.75, 3.05) is 33.2 Å². The highest BCUT2D eigenvalue weighted by atomic mass is 19.1. The Kier molecular flexibility index (Phi) is 7.47. The highest BCUT2D eigenvalue weighted by Gasteiger charge is 2.14. The van der Waals surface area contributed by atoms with E-state index in [-0.39, 0.29) is 18.1 Å². The Balaban J connectivity index is 1.20. The van der Waals surface area contributed by atoms with E-state index in [2.05, 4.69) is 56.6 Å². The molecule has 33 heavy (non-hydrogen) atoms. The van der Waals surface area contributed by atoms with Crippen molar-refractivity contribution in [1.29, 1.82) is 0 Å². The van der Waals surface area contributed by atoms with E-state index in [0.717, 1.165) is 38.3 Å². The van der Waals surface area contributed by atoms with Crippen LogP contribution in [-0.4, -0.2) is 59.1 Å². The van der Waals surface area contributed by atoms with Crippen LogP contribution in [0.1, 0.15) is 29.0 Å². The molecule has 2 heterocycles. The molecule has 0 aliphatic carbocycles. The van der Waals surface area contributed by atoms with Crippen LogP contribution in [0.25, 0.3) is 11.4 Å². The number of rotatable bonds is 8. The van der Waals surface area contributed by atoms with Gasteiger partial charge >= 0.3 is 0 Å². The number of halogens is 1. The largest absolute Gasteiger partial charge is 0.352 e. The fraction of sp³-hybridized carbons (Fsp3) is 0.400. The second-order valence-corrected chi connectivity index (χ2v) is 8.65. The zero-order valence-corrected chi connectivity index (χ0v) is 19.2. The Morgan fingerprint density at radius 1 is 1.09 bits per heavy atom. The van der Waals surface area contributed by atoms with Gasteiger partial charge in [0.05, 0.1) is 0 Å². The van der Waals surface area contributed by atoms with Crippen molar-refractivity contribution in [3.63, 3.8) is 0 Å². The van der Waals surface area contributed by atoms with Crippen molar-refractivity contribution in [2.45, 2.75) is 32.9 Å². The quantitative estimate of drug-likeness (QED) is 0.567. The first-order valence-electron chi connectivity index (χ1n) is 11.3. The van der Waals surface area contributed by atoms with Crippen LogP contribution in [0.2, 0.25) is 0 Å². The van der Waals surface area contributed by atoms with Gasteiger partial charge in [0, 0.05) is 57.7 Å². The molecule has 4 rings (SSSR count). The van der Waals surface area contributed by atoms with Crippen molar-refractivity contribution in [3.8, 4) is 11.4 Å². The zero-order valence-electron chi connectivity index (χ0n) is 19.2. The Morgan fingerprint density at radius 2 is 1.82 bits per heavy atom. The highest BCUT2D eigenvalue weighted by Crippen LogP contribution is 2.19. The van der Waals surface area contributed by atoms with Crippen molar-refractivity contribution in [3.05, 3.63) is 70.9 Å². The molecule has 1 fully saturated rings. The predicted molar refractivity (Wildman–Crippen MR) is 124 cm³/mol. The molecule has 1 aliphatic heterocycles. The van der Waals surface area contributed by atoms with Crippen LogP contribution in [-0.2, 0) is 24.3 Å². The third kappa shape index (κ3) is 6.46. The number of carbonyl (C=O) groups is 1. The summed E-state index contributed by atoms with van der Waals surface area (Å²) in [7, 11) is 2.16. The first-order chi connectivity index (χ1) is 16.0. The monoisotopic (exact) mass is 451 g/mol. The molecule has 0 unspecified atom stereocenters. The summed E-state index contributed by atoms with van der Waals surface area (Å²) >= 11 is 0. The maximum Gasteiger partial charge on any atom is 0.227 e. The van der Waals surface area contributed by atoms with E-state index in [1.807, 2.05) is 0 Å². The molecule has 174 valence electrons. The molecule has 0 saturated carbocycles. The molecule has 0 radical (unpaired) electrons. The van der Waals surface area contributed by atoms with Crippen LogP contribution in [0, 0.1) is 12.7 Å². The van der Waals surface area contributed by atoms with Crippen molar-refractivity contribution < 1.29 is 13.7 Å². The lowest BCUT2D eigenvalue weighted by Crippen LogP contribution is -2.43. The SMILES string of the molecule is Cc1cc(-c2noc(CCC(=O)NCc3ccc(CN4CCN(C)CC4)cc3)n2)ccc1F. The number of nitrogens with one attached hydrogen (secondary N) is 1. The summed E-state index contributed by atoms with van der Waals surface area (Å²) in [5.74, 6) is 0.429. The zero-order chi connectivity index (χ0) is 23.2. The number of benzene rings is 2. The van der Waals surface area contributed by atoms with E-state index in [1.54, 1.807) is 19.1 Å². The highest BCUT2D eigenvalue weighted by molar-refractivity contribution is 5.76. The van der Waals surface area contributed by atoms with E-state index in [1.165, 1.54) is 11.6 Å². The first-order valence-corrected chi connectivity index (χ1v) is 11.3. The Hall–Kier alpha value is -3.10. The van der Waals surface area contributed by atoms with Crippen LogP contribution < -0.4 is 5.32 Å². The van der Waals surface area contributed by atoms with Gasteiger partial charge in [0.1, 0.15) is 5.82 Å². The van der Waals surface area contributed by atoms with Gasteiger partial charge in [-0.2, -0.15) is 4.98 Å². The van der Waals surface area contributed by atoms with Gasteiger partial charge in [-0.3, -0.25) is 9.69 Å². The number of carbonyl (C=O) groups excluding carboxylic acids is 1. The van der Waals surface area contributed by atoms with Crippen LogP contribution in [0.4, 0.5) is 4.39 Å². The normalized spacial score (nSPS) is 15.0. The lowest BCUT2D eigenvalue weighted by atomic mass is 10.1. The summed E-state index contributed by atoms with van der Waals surface area (Å²) < 4.78 is 18.7. The molecular weight excluding hydrogens is 421 g/mol. The van der Waals surface area contributed by atoms with Gasteiger partial charge in [-0.05, 0) is 48.9 Å². The lowest BCUT2D eigenvalue weighted by molar-refractivity contribution is -0.121. The smallest absolute Gasteiger partial charge is 0.227 e. The molecule has 1 aromatic heterocycles. The number of amides is 1. The summed E-state index contributed by atoms with van der Waals surface area (Å²) in [6.07, 6.45) is 0.606. The second-order valence-electron chi connectivity index (χ2n) is 8.65. The molecular formula is C25H30FN5O2. The molecule has 1 amide bonds. The molecule has 2 aromatic carbocycles. The maximum absolute atomic E-state index is 13.4. The summed E-state index contributed by atoms with van der Waals surface area (Å²) in [6, 6.07) is 13.1. The van der Waals surface area contributed by atoms with E-state index >= 15 is 0 Å². The topological polar surface area (TPSA) is 74.5 Å². The first kappa shape index (κ1) is 23.1. The third-order valence-electron chi connectivity index (χ3n) is 5.96. The summed E-state index contributed by atoms with van der Waals surface area (Å²) in [5.41, 5.74) is 3.56. The van der Waals surface area contributed by atoms with Gasteiger partial charge in [-0.25, -0.2) is 4.39 Å². The average molecular weight is 452 g/mol. The molecule has 0 atom stereocenters. The van der Waals surface area contributed by atoms with Gasteiger partial charge < -0.3 is 14.7 Å².